The minimum Gasteiger partial charge on any atom is -0.491 e. The lowest BCUT2D eigenvalue weighted by Gasteiger charge is -2.35. The second kappa shape index (κ2) is 21.6. The molecule has 3 N–H and O–H groups in total. The second-order valence-corrected chi connectivity index (χ2v) is 18.7. The number of alkyl halides is 3. The first-order chi connectivity index (χ1) is 32.9. The highest BCUT2D eigenvalue weighted by molar-refractivity contribution is 7.81. The summed E-state index contributed by atoms with van der Waals surface area (Å²) in [7, 11) is 0. The van der Waals surface area contributed by atoms with Crippen LogP contribution in [0.2, 0.25) is 0 Å². The molecule has 2 aliphatic heterocycles. The average Bonchev–Trinajstić information content (AvgIpc) is 3.77. The van der Waals surface area contributed by atoms with Crippen molar-refractivity contribution in [2.24, 2.45) is 5.41 Å². The number of carbonyl (C=O) groups excluding carboxylic acids is 4. The van der Waals surface area contributed by atoms with Crippen LogP contribution in [0, 0.1) is 34.2 Å². The zero-order valence-electron chi connectivity index (χ0n) is 38.8. The molecule has 3 atom stereocenters. The van der Waals surface area contributed by atoms with Crippen molar-refractivity contribution in [3.8, 4) is 23.1 Å². The summed E-state index contributed by atoms with van der Waals surface area (Å²) in [5, 5.41) is 24.7. The number of pyridine rings is 1. The Morgan fingerprint density at radius 2 is 1.69 bits per heavy atom. The van der Waals surface area contributed by atoms with E-state index in [1.54, 1.807) is 20.8 Å². The molecule has 3 heterocycles. The predicted octanol–water partition coefficient (Wildman–Crippen LogP) is 7.35. The Hall–Kier alpha value is -6.63. The van der Waals surface area contributed by atoms with Crippen molar-refractivity contribution in [1.82, 2.24) is 20.5 Å². The van der Waals surface area contributed by atoms with Crippen LogP contribution in [0.15, 0.2) is 72.9 Å². The molecule has 2 saturated heterocycles. The average molecular weight is 996 g/mol. The molecule has 0 unspecified atom stereocenters. The Bertz CT molecular complexity index is 2680. The van der Waals surface area contributed by atoms with Gasteiger partial charge in [0.2, 0.25) is 17.7 Å². The largest absolute Gasteiger partial charge is 0.491 e. The van der Waals surface area contributed by atoms with E-state index in [0.717, 1.165) is 40.9 Å². The molecule has 0 saturated carbocycles. The standard InChI is InChI=1S/C49H51F6N7O7S/c1-47(2,3)42(44(66)60-26-32(63)22-36(60)43(65)58-24-28-12-8-6-9-13-28)59-38(64)27-68-18-10-7-11-19-69-37-17-15-29(20-33(37)50)41-34(51)21-31(25-57-41)62-46(70)61(45(67)48(62,4)5)35-16-14-30(23-56)39(40(35)52)49(53,54)55/h6,8-9,12-17,20-21,25,32,36,42,63H,7,10-11,18-19,22,24,26-27H2,1-5H3,(H,58,65)(H,59,64)/t32-,36+,42-/m1/s1. The van der Waals surface area contributed by atoms with Crippen LogP contribution in [0.4, 0.5) is 37.7 Å². The number of likely N-dealkylation sites (tertiary alicyclic amines) is 1. The fourth-order valence-electron chi connectivity index (χ4n) is 8.13. The quantitative estimate of drug-likeness (QED) is 0.0548. The number of unbranched alkanes of at least 4 members (excludes halogenated alkanes) is 2. The molecule has 14 nitrogen and oxygen atoms in total. The van der Waals surface area contributed by atoms with Gasteiger partial charge in [-0.1, -0.05) is 51.1 Å². The van der Waals surface area contributed by atoms with Gasteiger partial charge in [-0.05, 0) is 86.6 Å². The third kappa shape index (κ3) is 11.7. The third-order valence-corrected chi connectivity index (χ3v) is 12.1. The van der Waals surface area contributed by atoms with Crippen LogP contribution in [0.1, 0.15) is 77.0 Å². The number of nitrogens with zero attached hydrogens (tertiary/aromatic N) is 5. The van der Waals surface area contributed by atoms with Crippen molar-refractivity contribution in [3.05, 3.63) is 107 Å². The Kier molecular flexibility index (Phi) is 16.2. The van der Waals surface area contributed by atoms with Gasteiger partial charge in [0.15, 0.2) is 28.3 Å². The highest BCUT2D eigenvalue weighted by Crippen LogP contribution is 2.42. The summed E-state index contributed by atoms with van der Waals surface area (Å²) in [6.45, 7) is 8.17. The Labute approximate surface area is 405 Å². The topological polar surface area (TPSA) is 177 Å². The number of nitrogens with one attached hydrogen (secondary N) is 2. The van der Waals surface area contributed by atoms with Crippen LogP contribution in [0.25, 0.3) is 11.3 Å². The lowest BCUT2D eigenvalue weighted by molar-refractivity contribution is -0.144. The van der Waals surface area contributed by atoms with Crippen LogP contribution in [-0.2, 0) is 36.6 Å². The van der Waals surface area contributed by atoms with Gasteiger partial charge in [-0.2, -0.15) is 18.4 Å². The molecule has 372 valence electrons. The summed E-state index contributed by atoms with van der Waals surface area (Å²) in [5.74, 6) is -6.19. The minimum absolute atomic E-state index is 0.0227. The highest BCUT2D eigenvalue weighted by Gasteiger charge is 2.52. The molecule has 2 aliphatic rings. The van der Waals surface area contributed by atoms with Gasteiger partial charge in [-0.15, -0.1) is 0 Å². The van der Waals surface area contributed by atoms with Gasteiger partial charge in [-0.3, -0.25) is 29.1 Å². The zero-order chi connectivity index (χ0) is 51.3. The van der Waals surface area contributed by atoms with Crippen molar-refractivity contribution in [2.45, 2.75) is 96.7 Å². The van der Waals surface area contributed by atoms with Gasteiger partial charge in [0.1, 0.15) is 35.5 Å². The molecule has 3 aromatic carbocycles. The summed E-state index contributed by atoms with van der Waals surface area (Å²) in [6, 6.07) is 14.8. The van der Waals surface area contributed by atoms with Gasteiger partial charge in [-0.25, -0.2) is 13.2 Å². The summed E-state index contributed by atoms with van der Waals surface area (Å²) in [4.78, 5) is 60.5. The van der Waals surface area contributed by atoms with Gasteiger partial charge in [0.25, 0.3) is 5.91 Å². The molecule has 21 heteroatoms. The number of aromatic nitrogens is 1. The van der Waals surface area contributed by atoms with Crippen molar-refractivity contribution in [3.63, 3.8) is 0 Å². The van der Waals surface area contributed by atoms with Crippen molar-refractivity contribution in [2.75, 3.05) is 36.2 Å². The number of β-amino-alcohol motifs (C(OH)–C–C–N with tert-alkyl or cyclic N) is 1. The number of amides is 4. The van der Waals surface area contributed by atoms with E-state index in [0.29, 0.717) is 24.2 Å². The van der Waals surface area contributed by atoms with Crippen molar-refractivity contribution in [1.29, 1.82) is 5.26 Å². The van der Waals surface area contributed by atoms with Crippen LogP contribution in [-0.4, -0.2) is 93.8 Å². The molecule has 0 aliphatic carbocycles. The Morgan fingerprint density at radius 3 is 2.33 bits per heavy atom. The van der Waals surface area contributed by atoms with E-state index < -0.39 is 98.3 Å². The summed E-state index contributed by atoms with van der Waals surface area (Å²) >= 11 is 5.42. The van der Waals surface area contributed by atoms with Crippen molar-refractivity contribution >= 4 is 52.3 Å². The molecule has 2 fully saturated rings. The lowest BCUT2D eigenvalue weighted by atomic mass is 9.85. The molecule has 0 radical (unpaired) electrons. The number of hydrogen-bond donors (Lipinski definition) is 3. The number of halogens is 6. The number of aliphatic hydroxyl groups excluding tert-OH is 1. The van der Waals surface area contributed by atoms with E-state index in [-0.39, 0.29) is 62.0 Å². The van der Waals surface area contributed by atoms with E-state index in [1.165, 1.54) is 36.9 Å². The molecule has 4 aromatic rings. The van der Waals surface area contributed by atoms with Gasteiger partial charge in [0.05, 0.1) is 41.9 Å². The summed E-state index contributed by atoms with van der Waals surface area (Å²) < 4.78 is 98.8. The maximum atomic E-state index is 15.7. The number of carbonyl (C=O) groups is 4. The lowest BCUT2D eigenvalue weighted by Crippen LogP contribution is -2.58. The number of nitriles is 1. The fraction of sp³-hybridized carbons (Fsp3) is 0.408. The van der Waals surface area contributed by atoms with Crippen molar-refractivity contribution < 1.29 is 60.1 Å². The monoisotopic (exact) mass is 995 g/mol. The van der Waals surface area contributed by atoms with Crippen LogP contribution >= 0.6 is 12.2 Å². The molecule has 6 rings (SSSR count). The first-order valence-corrected chi connectivity index (χ1v) is 22.6. The second-order valence-electron chi connectivity index (χ2n) is 18.3. The zero-order valence-corrected chi connectivity index (χ0v) is 39.6. The number of ether oxygens (including phenoxy) is 2. The van der Waals surface area contributed by atoms with Gasteiger partial charge >= 0.3 is 6.18 Å². The molecule has 0 bridgehead atoms. The highest BCUT2D eigenvalue weighted by atomic mass is 32.1. The van der Waals surface area contributed by atoms with Gasteiger partial charge < -0.3 is 35.0 Å². The fourth-order valence-corrected chi connectivity index (χ4v) is 8.65. The van der Waals surface area contributed by atoms with Crippen LogP contribution in [0.5, 0.6) is 5.75 Å². The van der Waals surface area contributed by atoms with E-state index >= 15 is 13.2 Å². The van der Waals surface area contributed by atoms with Crippen LogP contribution < -0.4 is 25.2 Å². The molecule has 70 heavy (non-hydrogen) atoms. The first kappa shape index (κ1) is 52.7. The molecular formula is C49H51F6N7O7S. The number of thiocarbonyl (C=S) groups is 1. The van der Waals surface area contributed by atoms with Gasteiger partial charge in [0, 0.05) is 37.7 Å². The maximum absolute atomic E-state index is 15.7. The van der Waals surface area contributed by atoms with E-state index in [1.807, 2.05) is 30.3 Å². The minimum atomic E-state index is -5.27. The maximum Gasteiger partial charge on any atom is 0.420 e. The number of rotatable bonds is 17. The molecule has 1 aromatic heterocycles. The first-order valence-electron chi connectivity index (χ1n) is 22.2. The molecular weight excluding hydrogens is 945 g/mol. The third-order valence-electron chi connectivity index (χ3n) is 11.7. The number of aliphatic hydroxyl groups is 1. The van der Waals surface area contributed by atoms with E-state index in [9.17, 15) is 37.5 Å². The Balaban J connectivity index is 0.966. The summed E-state index contributed by atoms with van der Waals surface area (Å²) in [6.07, 6.45) is -3.42. The van der Waals surface area contributed by atoms with Crippen LogP contribution in [0.3, 0.4) is 0 Å². The molecule has 0 spiro atoms. The normalized spacial score (nSPS) is 17.4. The molecule has 4 amide bonds. The predicted molar refractivity (Wildman–Crippen MR) is 248 cm³/mol. The SMILES string of the molecule is CC(C)(C)[C@H](NC(=O)COCCCCCOc1ccc(-c2ncc(N3C(=S)N(c4ccc(C#N)c(C(F)(F)F)c4F)C(=O)C3(C)C)cc2F)cc1F)C(=O)N1C[C@H](O)C[C@H]1C(=O)NCc1ccccc1. The summed E-state index contributed by atoms with van der Waals surface area (Å²) in [5.41, 5.74) is -5.64. The van der Waals surface area contributed by atoms with E-state index in [2.05, 4.69) is 15.6 Å². The smallest absolute Gasteiger partial charge is 0.420 e. The number of hydrogen-bond acceptors (Lipinski definition) is 10. The number of benzene rings is 3. The Morgan fingerprint density at radius 1 is 0.986 bits per heavy atom. The van der Waals surface area contributed by atoms with E-state index in [4.69, 9.17) is 27.0 Å². The number of anilines is 2.